The van der Waals surface area contributed by atoms with E-state index < -0.39 is 5.97 Å². The number of fused-ring (bicyclic) bond motifs is 1. The van der Waals surface area contributed by atoms with Crippen LogP contribution in [0, 0.1) is 0 Å². The van der Waals surface area contributed by atoms with Crippen LogP contribution in [0.3, 0.4) is 0 Å². The lowest BCUT2D eigenvalue weighted by Gasteiger charge is -2.23. The van der Waals surface area contributed by atoms with Crippen molar-refractivity contribution in [3.05, 3.63) is 47.7 Å². The maximum atomic E-state index is 11.4. The van der Waals surface area contributed by atoms with Crippen molar-refractivity contribution in [2.24, 2.45) is 7.05 Å². The van der Waals surface area contributed by atoms with E-state index in [1.807, 2.05) is 24.0 Å². The molecule has 1 unspecified atom stereocenters. The van der Waals surface area contributed by atoms with E-state index in [-0.39, 0.29) is 29.9 Å². The van der Waals surface area contributed by atoms with Crippen molar-refractivity contribution in [3.8, 4) is 17.1 Å². The number of nitrogens with one attached hydrogen (secondary N) is 1. The van der Waals surface area contributed by atoms with Gasteiger partial charge in [-0.3, -0.25) is 0 Å². The molecule has 2 aromatic carbocycles. The number of rotatable bonds is 7. The van der Waals surface area contributed by atoms with Gasteiger partial charge < -0.3 is 19.9 Å². The van der Waals surface area contributed by atoms with Gasteiger partial charge in [0.05, 0.1) is 18.8 Å². The molecule has 36 heavy (non-hydrogen) atoms. The first-order valence-electron chi connectivity index (χ1n) is 11.7. The topological polar surface area (TPSA) is 116 Å². The first-order valence-corrected chi connectivity index (χ1v) is 11.7. The summed E-state index contributed by atoms with van der Waals surface area (Å²) in [7, 11) is 3.25. The van der Waals surface area contributed by atoms with Gasteiger partial charge in [0.2, 0.25) is 5.95 Å². The lowest BCUT2D eigenvalue weighted by molar-refractivity contribution is -0.0366. The molecule has 0 bridgehead atoms. The predicted molar refractivity (Wildman–Crippen MR) is 138 cm³/mol. The summed E-state index contributed by atoms with van der Waals surface area (Å²) < 4.78 is 14.8. The molecule has 0 spiro atoms. The zero-order valence-electron chi connectivity index (χ0n) is 20.4. The van der Waals surface area contributed by atoms with Crippen LogP contribution in [-0.4, -0.2) is 49.3 Å². The number of aromatic carboxylic acids is 1. The summed E-state index contributed by atoms with van der Waals surface area (Å²) in [4.78, 5) is 16.1. The van der Waals surface area contributed by atoms with Crippen molar-refractivity contribution in [3.63, 3.8) is 0 Å². The Morgan fingerprint density at radius 1 is 1.28 bits per heavy atom. The molecule has 0 saturated carbocycles. The number of carbonyl (C=O) groups is 1. The Hall–Kier alpha value is -3.63. The van der Waals surface area contributed by atoms with Crippen LogP contribution in [0.25, 0.3) is 22.3 Å². The average Bonchev–Trinajstić information content (AvgIpc) is 3.47. The molecule has 3 heterocycles. The number of carboxylic acid groups (broad SMARTS) is 1. The van der Waals surface area contributed by atoms with Crippen LogP contribution < -0.4 is 10.1 Å². The van der Waals surface area contributed by atoms with Crippen molar-refractivity contribution < 1.29 is 19.4 Å². The van der Waals surface area contributed by atoms with Gasteiger partial charge in [-0.2, -0.15) is 10.1 Å². The summed E-state index contributed by atoms with van der Waals surface area (Å²) in [6.07, 6.45) is 5.92. The molecule has 4 aromatic rings. The molecule has 190 valence electrons. The summed E-state index contributed by atoms with van der Waals surface area (Å²) in [6, 6.07) is 8.91. The second-order valence-corrected chi connectivity index (χ2v) is 8.52. The molecule has 0 aliphatic carbocycles. The first kappa shape index (κ1) is 25.5. The molecule has 1 atom stereocenters. The highest BCUT2D eigenvalue weighted by atomic mass is 35.5. The largest absolute Gasteiger partial charge is 0.496 e. The second-order valence-electron chi connectivity index (χ2n) is 8.52. The maximum absolute atomic E-state index is 11.4. The minimum absolute atomic E-state index is 0. The van der Waals surface area contributed by atoms with Gasteiger partial charge in [0.1, 0.15) is 11.3 Å². The number of nitrogens with zero attached hydrogens (tertiary/aromatic N) is 5. The Morgan fingerprint density at radius 3 is 2.81 bits per heavy atom. The molecule has 1 fully saturated rings. The summed E-state index contributed by atoms with van der Waals surface area (Å²) >= 11 is 0. The van der Waals surface area contributed by atoms with Crippen LogP contribution in [-0.2, 0) is 18.2 Å². The maximum Gasteiger partial charge on any atom is 0.339 e. The summed E-state index contributed by atoms with van der Waals surface area (Å²) in [5, 5.41) is 23.0. The number of carboxylic acids is 1. The average molecular weight is 513 g/mol. The van der Waals surface area contributed by atoms with E-state index in [2.05, 4.69) is 33.5 Å². The molecule has 1 aliphatic rings. The fourth-order valence-electron chi connectivity index (χ4n) is 4.57. The minimum Gasteiger partial charge on any atom is -0.496 e. The van der Waals surface area contributed by atoms with Gasteiger partial charge in [0.15, 0.2) is 12.1 Å². The van der Waals surface area contributed by atoms with E-state index in [4.69, 9.17) is 9.47 Å². The molecule has 11 heteroatoms. The zero-order chi connectivity index (χ0) is 24.5. The fraction of sp³-hybridized carbons (Fsp3) is 0.360. The van der Waals surface area contributed by atoms with Gasteiger partial charge in [-0.05, 0) is 61.6 Å². The van der Waals surface area contributed by atoms with Gasteiger partial charge in [0, 0.05) is 30.3 Å². The normalized spacial score (nSPS) is 15.5. The highest BCUT2D eigenvalue weighted by Gasteiger charge is 2.21. The molecular weight excluding hydrogens is 484 g/mol. The Labute approximate surface area is 214 Å². The van der Waals surface area contributed by atoms with Crippen molar-refractivity contribution in [1.29, 1.82) is 0 Å². The molecule has 2 N–H and O–H groups in total. The molecule has 10 nitrogen and oxygen atoms in total. The van der Waals surface area contributed by atoms with Gasteiger partial charge in [-0.15, -0.1) is 17.5 Å². The Balaban J connectivity index is 0.00000304. The molecule has 1 saturated heterocycles. The number of ether oxygens (including phenoxy) is 2. The number of methoxy groups -OCH3 is 1. The Kier molecular flexibility index (Phi) is 7.46. The standard InChI is InChI=1S/C25H28N6O4.ClH/c1-4-16-18-14-26-31(22-7-5-6-12-35-22)20(18)11-10-19(16)27-25-28-23(29-30(25)2)15-8-9-17(24(32)33)21(13-15)34-3;/h8-11,13-14,22H,4-7,12H2,1-3H3,(H,32,33)(H,27,28,29);1H. The van der Waals surface area contributed by atoms with E-state index in [0.29, 0.717) is 17.3 Å². The summed E-state index contributed by atoms with van der Waals surface area (Å²) in [6.45, 7) is 2.89. The van der Waals surface area contributed by atoms with E-state index in [9.17, 15) is 9.90 Å². The molecule has 1 aliphatic heterocycles. The highest BCUT2D eigenvalue weighted by molar-refractivity contribution is 5.92. The van der Waals surface area contributed by atoms with Gasteiger partial charge in [-0.1, -0.05) is 6.92 Å². The molecule has 0 radical (unpaired) electrons. The van der Waals surface area contributed by atoms with Crippen molar-refractivity contribution >= 4 is 40.9 Å². The highest BCUT2D eigenvalue weighted by Crippen LogP contribution is 2.33. The first-order chi connectivity index (χ1) is 17.0. The molecule has 5 rings (SSSR count). The Bertz CT molecular complexity index is 1390. The number of anilines is 2. The lowest BCUT2D eigenvalue weighted by atomic mass is 10.1. The van der Waals surface area contributed by atoms with Crippen molar-refractivity contribution in [2.75, 3.05) is 19.0 Å². The van der Waals surface area contributed by atoms with Crippen LogP contribution in [0.4, 0.5) is 11.6 Å². The summed E-state index contributed by atoms with van der Waals surface area (Å²) in [5.74, 6) is 0.241. The van der Waals surface area contributed by atoms with E-state index >= 15 is 0 Å². The van der Waals surface area contributed by atoms with Gasteiger partial charge in [0.25, 0.3) is 0 Å². The van der Waals surface area contributed by atoms with Gasteiger partial charge >= 0.3 is 5.97 Å². The number of aromatic nitrogens is 5. The fourth-order valence-corrected chi connectivity index (χ4v) is 4.57. The molecule has 2 aromatic heterocycles. The molecular formula is C25H29ClN6O4. The number of hydrogen-bond acceptors (Lipinski definition) is 7. The van der Waals surface area contributed by atoms with Crippen LogP contribution in [0.2, 0.25) is 0 Å². The van der Waals surface area contributed by atoms with E-state index in [1.54, 1.807) is 16.8 Å². The second kappa shape index (κ2) is 10.5. The zero-order valence-corrected chi connectivity index (χ0v) is 21.2. The third-order valence-electron chi connectivity index (χ3n) is 6.37. The van der Waals surface area contributed by atoms with Crippen LogP contribution in [0.1, 0.15) is 48.3 Å². The smallest absolute Gasteiger partial charge is 0.339 e. The predicted octanol–water partition coefficient (Wildman–Crippen LogP) is 4.97. The Morgan fingerprint density at radius 2 is 2.11 bits per heavy atom. The monoisotopic (exact) mass is 512 g/mol. The lowest BCUT2D eigenvalue weighted by Crippen LogP contribution is -2.19. The number of benzene rings is 2. The van der Waals surface area contributed by atoms with Gasteiger partial charge in [-0.25, -0.2) is 14.2 Å². The number of halogens is 1. The van der Waals surface area contributed by atoms with Crippen LogP contribution >= 0.6 is 12.4 Å². The van der Waals surface area contributed by atoms with E-state index in [0.717, 1.165) is 54.4 Å². The number of hydrogen-bond donors (Lipinski definition) is 2. The van der Waals surface area contributed by atoms with E-state index in [1.165, 1.54) is 13.2 Å². The van der Waals surface area contributed by atoms with Crippen LogP contribution in [0.15, 0.2) is 36.5 Å². The summed E-state index contributed by atoms with van der Waals surface area (Å²) in [5.41, 5.74) is 3.89. The van der Waals surface area contributed by atoms with Crippen LogP contribution in [0.5, 0.6) is 5.75 Å². The SMILES string of the molecule is CCc1c(Nc2nc(-c3ccc(C(=O)O)c(OC)c3)nn2C)ccc2c1cnn2C1CCCCO1.Cl. The van der Waals surface area contributed by atoms with Crippen molar-refractivity contribution in [2.45, 2.75) is 38.8 Å². The third kappa shape index (κ3) is 4.61. The third-order valence-corrected chi connectivity index (χ3v) is 6.37. The number of aryl methyl sites for hydroxylation is 2. The quantitative estimate of drug-likeness (QED) is 0.356. The van der Waals surface area contributed by atoms with Crippen molar-refractivity contribution in [1.82, 2.24) is 24.5 Å². The molecule has 0 amide bonds. The minimum atomic E-state index is -1.05.